The van der Waals surface area contributed by atoms with Gasteiger partial charge in [0.25, 0.3) is 0 Å². The van der Waals surface area contributed by atoms with Crippen molar-refractivity contribution >= 4 is 35.1 Å². The highest BCUT2D eigenvalue weighted by molar-refractivity contribution is 6.30. The number of carbonyl (C=O) groups excluding carboxylic acids is 2. The molecule has 2 aliphatic rings. The van der Waals surface area contributed by atoms with Gasteiger partial charge in [0.2, 0.25) is 5.91 Å². The van der Waals surface area contributed by atoms with Crippen LogP contribution >= 0.6 is 23.2 Å². The normalized spacial score (nSPS) is 24.9. The number of methoxy groups -OCH3 is 1. The molecular formula is C20H19Cl2N3O3. The molecule has 0 unspecified atom stereocenters. The van der Waals surface area contributed by atoms with Crippen LogP contribution in [0, 0.1) is 0 Å². The summed E-state index contributed by atoms with van der Waals surface area (Å²) < 4.78 is 5.07. The molecule has 6 nitrogen and oxygen atoms in total. The molecule has 2 heterocycles. The number of nitrogens with zero attached hydrogens (tertiary/aromatic N) is 2. The molecule has 146 valence electrons. The van der Waals surface area contributed by atoms with Gasteiger partial charge in [0.15, 0.2) is 0 Å². The van der Waals surface area contributed by atoms with Crippen molar-refractivity contribution in [2.24, 2.45) is 0 Å². The van der Waals surface area contributed by atoms with Crippen LogP contribution in [0.5, 0.6) is 0 Å². The zero-order valence-electron chi connectivity index (χ0n) is 15.1. The monoisotopic (exact) mass is 419 g/mol. The fourth-order valence-electron chi connectivity index (χ4n) is 3.88. The Morgan fingerprint density at radius 1 is 1.04 bits per heavy atom. The molecule has 0 aliphatic carbocycles. The van der Waals surface area contributed by atoms with Crippen molar-refractivity contribution in [2.45, 2.75) is 24.7 Å². The third kappa shape index (κ3) is 3.37. The van der Waals surface area contributed by atoms with E-state index in [0.29, 0.717) is 23.0 Å². The third-order valence-electron chi connectivity index (χ3n) is 5.16. The van der Waals surface area contributed by atoms with Gasteiger partial charge in [-0.3, -0.25) is 19.9 Å². The minimum atomic E-state index is -0.658. The van der Waals surface area contributed by atoms with Gasteiger partial charge in [-0.1, -0.05) is 47.5 Å². The van der Waals surface area contributed by atoms with E-state index < -0.39 is 18.2 Å². The van der Waals surface area contributed by atoms with Crippen LogP contribution in [0.1, 0.15) is 29.8 Å². The zero-order valence-corrected chi connectivity index (χ0v) is 16.7. The molecule has 1 N–H and O–H groups in total. The summed E-state index contributed by atoms with van der Waals surface area (Å²) in [5.41, 5.74) is 1.72. The summed E-state index contributed by atoms with van der Waals surface area (Å²) in [7, 11) is 1.36. The van der Waals surface area contributed by atoms with E-state index in [4.69, 9.17) is 27.9 Å². The van der Waals surface area contributed by atoms with Crippen molar-refractivity contribution in [1.29, 1.82) is 0 Å². The van der Waals surface area contributed by atoms with Gasteiger partial charge in [0.1, 0.15) is 12.2 Å². The van der Waals surface area contributed by atoms with Crippen LogP contribution in [0.2, 0.25) is 10.0 Å². The van der Waals surface area contributed by atoms with E-state index in [-0.39, 0.29) is 11.9 Å². The number of hydrogen-bond acceptors (Lipinski definition) is 5. The van der Waals surface area contributed by atoms with E-state index in [1.165, 1.54) is 7.11 Å². The Balaban J connectivity index is 1.78. The number of nitrogens with one attached hydrogen (secondary N) is 1. The molecule has 0 saturated carbocycles. The number of amides is 1. The lowest BCUT2D eigenvalue weighted by atomic mass is 9.96. The number of fused-ring (bicyclic) bond motifs is 1. The smallest absolute Gasteiger partial charge is 0.325 e. The Morgan fingerprint density at radius 2 is 1.61 bits per heavy atom. The summed E-state index contributed by atoms with van der Waals surface area (Å²) in [4.78, 5) is 25.4. The Morgan fingerprint density at radius 3 is 2.18 bits per heavy atom. The second kappa shape index (κ2) is 7.72. The topological polar surface area (TPSA) is 61.9 Å². The maximum absolute atomic E-state index is 12.7. The summed E-state index contributed by atoms with van der Waals surface area (Å²) >= 11 is 12.0. The molecule has 0 radical (unpaired) electrons. The molecule has 0 bridgehead atoms. The second-order valence-electron chi connectivity index (χ2n) is 6.77. The third-order valence-corrected chi connectivity index (χ3v) is 5.66. The molecule has 28 heavy (non-hydrogen) atoms. The summed E-state index contributed by atoms with van der Waals surface area (Å²) in [5, 5.41) is 8.17. The van der Waals surface area contributed by atoms with Crippen LogP contribution in [-0.4, -0.2) is 41.6 Å². The fourth-order valence-corrected chi connectivity index (χ4v) is 4.13. The van der Waals surface area contributed by atoms with E-state index in [2.05, 4.69) is 5.32 Å². The molecule has 0 spiro atoms. The molecule has 2 fully saturated rings. The molecule has 2 aliphatic heterocycles. The zero-order chi connectivity index (χ0) is 19.8. The molecule has 2 aromatic rings. The summed E-state index contributed by atoms with van der Waals surface area (Å²) in [6.45, 7) is 0.519. The standard InChI is InChI=1S/C20H19Cl2N3O3/c1-28-20(27)17-18(12-2-6-14(21)7-3-12)24-11-10-16(26)25(24)19(23-17)13-4-8-15(22)9-5-13/h2-9,17-19,23H,10-11H2,1H3/t17-,18+,19+/m0/s1. The predicted octanol–water partition coefficient (Wildman–Crippen LogP) is 3.33. The molecule has 0 aromatic heterocycles. The lowest BCUT2D eigenvalue weighted by Gasteiger charge is -2.48. The van der Waals surface area contributed by atoms with Gasteiger partial charge in [-0.15, -0.1) is 0 Å². The number of hydrogen-bond donors (Lipinski definition) is 1. The number of halogens is 2. The first-order chi connectivity index (χ1) is 13.5. The van der Waals surface area contributed by atoms with E-state index in [9.17, 15) is 9.59 Å². The van der Waals surface area contributed by atoms with Crippen LogP contribution in [0.25, 0.3) is 0 Å². The van der Waals surface area contributed by atoms with Crippen LogP contribution in [-0.2, 0) is 14.3 Å². The largest absolute Gasteiger partial charge is 0.468 e. The van der Waals surface area contributed by atoms with Crippen molar-refractivity contribution < 1.29 is 14.3 Å². The van der Waals surface area contributed by atoms with E-state index in [1.807, 2.05) is 29.3 Å². The highest BCUT2D eigenvalue weighted by Crippen LogP contribution is 2.40. The SMILES string of the molecule is COC(=O)[C@H]1N[C@@H](c2ccc(Cl)cc2)N2C(=O)CCN2[C@@H]1c1ccc(Cl)cc1. The highest BCUT2D eigenvalue weighted by Gasteiger charge is 2.50. The first kappa shape index (κ1) is 19.2. The minimum absolute atomic E-state index is 0.00488. The van der Waals surface area contributed by atoms with Gasteiger partial charge in [-0.25, -0.2) is 5.01 Å². The first-order valence-corrected chi connectivity index (χ1v) is 9.68. The van der Waals surface area contributed by atoms with Gasteiger partial charge in [0.05, 0.1) is 13.2 Å². The molecule has 8 heteroatoms. The average Bonchev–Trinajstić information content (AvgIpc) is 3.09. The number of rotatable bonds is 3. The van der Waals surface area contributed by atoms with E-state index in [1.54, 1.807) is 29.3 Å². The number of benzene rings is 2. The molecule has 3 atom stereocenters. The second-order valence-corrected chi connectivity index (χ2v) is 7.64. The summed E-state index contributed by atoms with van der Waals surface area (Å²) in [6.07, 6.45) is -0.107. The van der Waals surface area contributed by atoms with Crippen LogP contribution in [0.15, 0.2) is 48.5 Å². The molecule has 4 rings (SSSR count). The lowest BCUT2D eigenvalue weighted by Crippen LogP contribution is -2.63. The van der Waals surface area contributed by atoms with Crippen molar-refractivity contribution in [3.05, 3.63) is 69.7 Å². The number of hydrazine groups is 1. The number of esters is 1. The molecular weight excluding hydrogens is 401 g/mol. The van der Waals surface area contributed by atoms with Crippen LogP contribution in [0.4, 0.5) is 0 Å². The maximum Gasteiger partial charge on any atom is 0.325 e. The minimum Gasteiger partial charge on any atom is -0.468 e. The predicted molar refractivity (Wildman–Crippen MR) is 105 cm³/mol. The average molecular weight is 420 g/mol. The summed E-state index contributed by atoms with van der Waals surface area (Å²) in [6, 6.07) is 13.5. The van der Waals surface area contributed by atoms with Gasteiger partial charge in [-0.2, -0.15) is 0 Å². The maximum atomic E-state index is 12.7. The van der Waals surface area contributed by atoms with Crippen LogP contribution < -0.4 is 5.32 Å². The van der Waals surface area contributed by atoms with Gasteiger partial charge in [0, 0.05) is 23.0 Å². The quantitative estimate of drug-likeness (QED) is 0.772. The molecule has 1 amide bonds. The lowest BCUT2D eigenvalue weighted by molar-refractivity contribution is -0.173. The van der Waals surface area contributed by atoms with Crippen molar-refractivity contribution in [1.82, 2.24) is 15.3 Å². The van der Waals surface area contributed by atoms with Gasteiger partial charge >= 0.3 is 5.97 Å². The van der Waals surface area contributed by atoms with Gasteiger partial charge in [-0.05, 0) is 35.4 Å². The fraction of sp³-hybridized carbons (Fsp3) is 0.300. The number of ether oxygens (including phenoxy) is 1. The van der Waals surface area contributed by atoms with Gasteiger partial charge < -0.3 is 4.74 Å². The van der Waals surface area contributed by atoms with Crippen molar-refractivity contribution in [2.75, 3.05) is 13.7 Å². The Hall–Kier alpha value is -2.12. The summed E-state index contributed by atoms with van der Waals surface area (Å²) in [5.74, 6) is -0.396. The Kier molecular flexibility index (Phi) is 5.29. The Bertz CT molecular complexity index is 889. The molecule has 2 aromatic carbocycles. The highest BCUT2D eigenvalue weighted by atomic mass is 35.5. The van der Waals surface area contributed by atoms with E-state index >= 15 is 0 Å². The number of carbonyl (C=O) groups is 2. The van der Waals surface area contributed by atoms with E-state index in [0.717, 1.165) is 11.1 Å². The Labute approximate surface area is 172 Å². The van der Waals surface area contributed by atoms with Crippen LogP contribution in [0.3, 0.4) is 0 Å². The molecule has 2 saturated heterocycles. The van der Waals surface area contributed by atoms with Crippen molar-refractivity contribution in [3.8, 4) is 0 Å². The van der Waals surface area contributed by atoms with Crippen molar-refractivity contribution in [3.63, 3.8) is 0 Å². The first-order valence-electron chi connectivity index (χ1n) is 8.93.